The molecule has 6 heteroatoms. The molecule has 0 spiro atoms. The van der Waals surface area contributed by atoms with E-state index in [0.717, 1.165) is 0 Å². The van der Waals surface area contributed by atoms with E-state index in [1.54, 1.807) is 61.5 Å². The third-order valence-corrected chi connectivity index (χ3v) is 5.54. The fourth-order valence-electron chi connectivity index (χ4n) is 2.63. The Morgan fingerprint density at radius 2 is 1.68 bits per heavy atom. The Kier molecular flexibility index (Phi) is 3.62. The molecule has 1 atom stereocenters. The van der Waals surface area contributed by atoms with Crippen molar-refractivity contribution in [3.63, 3.8) is 0 Å². The Balaban J connectivity index is 2.18. The Bertz CT molecular complexity index is 803. The van der Waals surface area contributed by atoms with Crippen LogP contribution in [0.5, 0.6) is 0 Å². The van der Waals surface area contributed by atoms with Crippen molar-refractivity contribution in [2.24, 2.45) is 0 Å². The summed E-state index contributed by atoms with van der Waals surface area (Å²) in [6, 6.07) is 14.7. The average molecular weight is 316 g/mol. The maximum Gasteiger partial charge on any atom is 0.264 e. The van der Waals surface area contributed by atoms with Crippen LogP contribution in [0.1, 0.15) is 13.3 Å². The summed E-state index contributed by atoms with van der Waals surface area (Å²) in [5, 5.41) is 2.76. The number of nitrogens with one attached hydrogen (secondary N) is 1. The van der Waals surface area contributed by atoms with Gasteiger partial charge in [-0.1, -0.05) is 30.3 Å². The summed E-state index contributed by atoms with van der Waals surface area (Å²) >= 11 is 0. The van der Waals surface area contributed by atoms with Gasteiger partial charge in [-0.25, -0.2) is 8.42 Å². The zero-order valence-electron chi connectivity index (χ0n) is 12.1. The quantitative estimate of drug-likeness (QED) is 0.926. The Labute approximate surface area is 129 Å². The number of nitrogens with zero attached hydrogens (tertiary/aromatic N) is 1. The van der Waals surface area contributed by atoms with Crippen LogP contribution in [0.15, 0.2) is 59.5 Å². The Morgan fingerprint density at radius 3 is 2.41 bits per heavy atom. The standard InChI is InChI=1S/C16H16N2O3S/c1-12-11-16(19)17-14-9-5-6-10-15(14)18(12)22(20,21)13-7-3-2-4-8-13/h2-10,12H,11H2,1H3,(H,17,19)/t12-/m1/s1. The lowest BCUT2D eigenvalue weighted by Gasteiger charge is -2.29. The van der Waals surface area contributed by atoms with E-state index < -0.39 is 16.1 Å². The van der Waals surface area contributed by atoms with E-state index in [0.29, 0.717) is 11.4 Å². The molecule has 0 radical (unpaired) electrons. The van der Waals surface area contributed by atoms with Gasteiger partial charge in [0.1, 0.15) is 0 Å². The first-order valence-electron chi connectivity index (χ1n) is 6.98. The Hall–Kier alpha value is -2.34. The molecule has 1 amide bonds. The number of hydrogen-bond acceptors (Lipinski definition) is 3. The second-order valence-electron chi connectivity index (χ2n) is 5.23. The van der Waals surface area contributed by atoms with Crippen molar-refractivity contribution in [2.75, 3.05) is 9.62 Å². The highest BCUT2D eigenvalue weighted by molar-refractivity contribution is 7.92. The van der Waals surface area contributed by atoms with E-state index in [9.17, 15) is 13.2 Å². The van der Waals surface area contributed by atoms with Gasteiger partial charge in [0.25, 0.3) is 10.0 Å². The summed E-state index contributed by atoms with van der Waals surface area (Å²) < 4.78 is 27.3. The lowest BCUT2D eigenvalue weighted by atomic mass is 10.2. The van der Waals surface area contributed by atoms with Crippen molar-refractivity contribution in [3.05, 3.63) is 54.6 Å². The van der Waals surface area contributed by atoms with Crippen LogP contribution in [-0.4, -0.2) is 20.4 Å². The van der Waals surface area contributed by atoms with E-state index in [1.807, 2.05) is 0 Å². The topological polar surface area (TPSA) is 66.5 Å². The first-order valence-corrected chi connectivity index (χ1v) is 8.42. The molecule has 0 bridgehead atoms. The van der Waals surface area contributed by atoms with Gasteiger partial charge >= 0.3 is 0 Å². The Morgan fingerprint density at radius 1 is 1.05 bits per heavy atom. The molecule has 5 nitrogen and oxygen atoms in total. The SMILES string of the molecule is C[C@@H]1CC(=O)Nc2ccccc2N1S(=O)(=O)c1ccccc1. The van der Waals surface area contributed by atoms with Crippen molar-refractivity contribution in [1.29, 1.82) is 0 Å². The predicted octanol–water partition coefficient (Wildman–Crippen LogP) is 2.61. The van der Waals surface area contributed by atoms with Crippen molar-refractivity contribution in [2.45, 2.75) is 24.3 Å². The monoisotopic (exact) mass is 316 g/mol. The summed E-state index contributed by atoms with van der Waals surface area (Å²) in [5.41, 5.74) is 1.00. The first-order chi connectivity index (χ1) is 10.5. The number of amides is 1. The third-order valence-electron chi connectivity index (χ3n) is 3.60. The molecule has 22 heavy (non-hydrogen) atoms. The fraction of sp³-hybridized carbons (Fsp3) is 0.188. The highest BCUT2D eigenvalue weighted by atomic mass is 32.2. The number of carbonyl (C=O) groups is 1. The van der Waals surface area contributed by atoms with Gasteiger partial charge in [-0.2, -0.15) is 0 Å². The molecule has 0 aromatic heterocycles. The molecule has 1 heterocycles. The van der Waals surface area contributed by atoms with Gasteiger partial charge in [0.2, 0.25) is 5.91 Å². The van der Waals surface area contributed by atoms with E-state index in [-0.39, 0.29) is 17.2 Å². The summed E-state index contributed by atoms with van der Waals surface area (Å²) in [4.78, 5) is 12.1. The lowest BCUT2D eigenvalue weighted by molar-refractivity contribution is -0.116. The van der Waals surface area contributed by atoms with E-state index in [2.05, 4.69) is 5.32 Å². The normalized spacial score (nSPS) is 18.3. The minimum absolute atomic E-state index is 0.112. The van der Waals surface area contributed by atoms with E-state index >= 15 is 0 Å². The number of hydrogen-bond donors (Lipinski definition) is 1. The van der Waals surface area contributed by atoms with Crippen molar-refractivity contribution in [1.82, 2.24) is 0 Å². The molecular formula is C16H16N2O3S. The molecule has 0 aliphatic carbocycles. The number of benzene rings is 2. The first kappa shape index (κ1) is 14.6. The molecule has 114 valence electrons. The molecule has 1 N–H and O–H groups in total. The highest BCUT2D eigenvalue weighted by Crippen LogP contribution is 2.35. The number of sulfonamides is 1. The molecule has 1 aliphatic rings. The average Bonchev–Trinajstić information content (AvgIpc) is 2.62. The predicted molar refractivity (Wildman–Crippen MR) is 85.3 cm³/mol. The zero-order valence-corrected chi connectivity index (χ0v) is 12.9. The lowest BCUT2D eigenvalue weighted by Crippen LogP contribution is -2.39. The molecule has 1 aliphatic heterocycles. The maximum atomic E-state index is 13.0. The zero-order chi connectivity index (χ0) is 15.7. The van der Waals surface area contributed by atoms with Crippen LogP contribution < -0.4 is 9.62 Å². The molecule has 0 saturated carbocycles. The molecular weight excluding hydrogens is 300 g/mol. The van der Waals surface area contributed by atoms with Crippen LogP contribution in [0.25, 0.3) is 0 Å². The summed E-state index contributed by atoms with van der Waals surface area (Å²) in [7, 11) is -3.73. The van der Waals surface area contributed by atoms with Crippen molar-refractivity contribution < 1.29 is 13.2 Å². The van der Waals surface area contributed by atoms with Gasteiger partial charge in [-0.05, 0) is 31.2 Å². The van der Waals surface area contributed by atoms with Crippen molar-refractivity contribution >= 4 is 27.3 Å². The van der Waals surface area contributed by atoms with Crippen LogP contribution in [0, 0.1) is 0 Å². The summed E-state index contributed by atoms with van der Waals surface area (Å²) in [5.74, 6) is -0.189. The van der Waals surface area contributed by atoms with Crippen LogP contribution in [0.4, 0.5) is 11.4 Å². The van der Waals surface area contributed by atoms with Crippen LogP contribution in [-0.2, 0) is 14.8 Å². The number of para-hydroxylation sites is 2. The highest BCUT2D eigenvalue weighted by Gasteiger charge is 2.34. The van der Waals surface area contributed by atoms with Gasteiger partial charge in [0, 0.05) is 6.42 Å². The van der Waals surface area contributed by atoms with Crippen LogP contribution >= 0.6 is 0 Å². The summed E-state index contributed by atoms with van der Waals surface area (Å²) in [6.07, 6.45) is 0.112. The van der Waals surface area contributed by atoms with Crippen LogP contribution in [0.3, 0.4) is 0 Å². The third kappa shape index (κ3) is 2.46. The fourth-order valence-corrected chi connectivity index (χ4v) is 4.33. The van der Waals surface area contributed by atoms with Crippen molar-refractivity contribution in [3.8, 4) is 0 Å². The summed E-state index contributed by atoms with van der Waals surface area (Å²) in [6.45, 7) is 1.74. The molecule has 0 fully saturated rings. The minimum Gasteiger partial charge on any atom is -0.324 e. The van der Waals surface area contributed by atoms with Gasteiger partial charge in [0.05, 0.1) is 22.3 Å². The van der Waals surface area contributed by atoms with E-state index in [1.165, 1.54) is 4.31 Å². The maximum absolute atomic E-state index is 13.0. The molecule has 0 unspecified atom stereocenters. The van der Waals surface area contributed by atoms with Gasteiger partial charge in [-0.15, -0.1) is 0 Å². The largest absolute Gasteiger partial charge is 0.324 e. The number of rotatable bonds is 2. The molecule has 2 aromatic carbocycles. The number of fused-ring (bicyclic) bond motifs is 1. The smallest absolute Gasteiger partial charge is 0.264 e. The molecule has 3 rings (SSSR count). The van der Waals surface area contributed by atoms with Gasteiger partial charge in [-0.3, -0.25) is 9.10 Å². The number of anilines is 2. The second kappa shape index (κ2) is 5.46. The van der Waals surface area contributed by atoms with E-state index in [4.69, 9.17) is 0 Å². The van der Waals surface area contributed by atoms with Gasteiger partial charge < -0.3 is 5.32 Å². The number of carbonyl (C=O) groups excluding carboxylic acids is 1. The van der Waals surface area contributed by atoms with Gasteiger partial charge in [0.15, 0.2) is 0 Å². The molecule has 2 aromatic rings. The molecule has 0 saturated heterocycles. The second-order valence-corrected chi connectivity index (χ2v) is 7.05. The van der Waals surface area contributed by atoms with Crippen LogP contribution in [0.2, 0.25) is 0 Å². The minimum atomic E-state index is -3.73.